The molecule has 1 heterocycles. The normalized spacial score (nSPS) is 12.5. The fourth-order valence-corrected chi connectivity index (χ4v) is 1.52. The zero-order valence-corrected chi connectivity index (χ0v) is 10.1. The molecular weight excluding hydrogens is 204 g/mol. The number of hydrogen-bond donors (Lipinski definition) is 3. The van der Waals surface area contributed by atoms with E-state index in [1.807, 2.05) is 13.8 Å². The van der Waals surface area contributed by atoms with E-state index in [2.05, 4.69) is 22.2 Å². The molecule has 90 valence electrons. The number of aliphatic hydroxyl groups excluding tert-OH is 1. The summed E-state index contributed by atoms with van der Waals surface area (Å²) in [4.78, 5) is 8.41. The van der Waals surface area contributed by atoms with Crippen molar-refractivity contribution in [3.63, 3.8) is 0 Å². The molecule has 0 fully saturated rings. The van der Waals surface area contributed by atoms with Gasteiger partial charge in [0.15, 0.2) is 0 Å². The Balaban J connectivity index is 2.87. The number of nitrogen functional groups attached to an aromatic ring is 1. The maximum absolute atomic E-state index is 8.93. The van der Waals surface area contributed by atoms with E-state index in [0.29, 0.717) is 18.1 Å². The SMILES string of the molecule is CCC(CCO)Nc1nc(C)nc(N)c1C. The van der Waals surface area contributed by atoms with Gasteiger partial charge >= 0.3 is 0 Å². The Morgan fingerprint density at radius 3 is 2.62 bits per heavy atom. The van der Waals surface area contributed by atoms with Crippen molar-refractivity contribution >= 4 is 11.6 Å². The molecule has 0 amide bonds. The Bertz CT molecular complexity index is 354. The molecule has 4 N–H and O–H groups in total. The second-order valence-corrected chi connectivity index (χ2v) is 3.89. The van der Waals surface area contributed by atoms with Crippen LogP contribution < -0.4 is 11.1 Å². The number of aromatic nitrogens is 2. The standard InChI is InChI=1S/C11H20N4O/c1-4-9(5-6-16)15-11-7(2)10(12)13-8(3)14-11/h9,16H,4-6H2,1-3H3,(H3,12,13,14,15). The van der Waals surface area contributed by atoms with Crippen LogP contribution in [0.2, 0.25) is 0 Å². The van der Waals surface area contributed by atoms with E-state index in [1.54, 1.807) is 0 Å². The van der Waals surface area contributed by atoms with E-state index in [-0.39, 0.29) is 12.6 Å². The quantitative estimate of drug-likeness (QED) is 0.701. The number of anilines is 2. The van der Waals surface area contributed by atoms with Crippen molar-refractivity contribution in [3.8, 4) is 0 Å². The lowest BCUT2D eigenvalue weighted by Gasteiger charge is -2.18. The van der Waals surface area contributed by atoms with Gasteiger partial charge in [0.2, 0.25) is 0 Å². The van der Waals surface area contributed by atoms with E-state index in [1.165, 1.54) is 0 Å². The fourth-order valence-electron chi connectivity index (χ4n) is 1.52. The van der Waals surface area contributed by atoms with Gasteiger partial charge in [0, 0.05) is 18.2 Å². The molecular formula is C11H20N4O. The van der Waals surface area contributed by atoms with E-state index in [4.69, 9.17) is 10.8 Å². The lowest BCUT2D eigenvalue weighted by molar-refractivity contribution is 0.278. The molecule has 5 nitrogen and oxygen atoms in total. The zero-order chi connectivity index (χ0) is 12.1. The van der Waals surface area contributed by atoms with Crippen LogP contribution in [-0.2, 0) is 0 Å². The summed E-state index contributed by atoms with van der Waals surface area (Å²) in [5, 5.41) is 12.2. The minimum absolute atomic E-state index is 0.171. The van der Waals surface area contributed by atoms with Crippen molar-refractivity contribution in [2.24, 2.45) is 0 Å². The Morgan fingerprint density at radius 2 is 2.06 bits per heavy atom. The smallest absolute Gasteiger partial charge is 0.134 e. The molecule has 0 spiro atoms. The van der Waals surface area contributed by atoms with Gasteiger partial charge in [0.1, 0.15) is 17.5 Å². The molecule has 0 aliphatic heterocycles. The summed E-state index contributed by atoms with van der Waals surface area (Å²) in [6.07, 6.45) is 1.64. The lowest BCUT2D eigenvalue weighted by Crippen LogP contribution is -2.22. The first kappa shape index (κ1) is 12.7. The lowest BCUT2D eigenvalue weighted by atomic mass is 10.1. The minimum atomic E-state index is 0.171. The second-order valence-electron chi connectivity index (χ2n) is 3.89. The monoisotopic (exact) mass is 224 g/mol. The number of aryl methyl sites for hydroxylation is 1. The minimum Gasteiger partial charge on any atom is -0.396 e. The van der Waals surface area contributed by atoms with Crippen molar-refractivity contribution in [1.29, 1.82) is 0 Å². The summed E-state index contributed by atoms with van der Waals surface area (Å²) in [5.74, 6) is 1.93. The first-order chi connectivity index (χ1) is 7.58. The van der Waals surface area contributed by atoms with Crippen LogP contribution in [0, 0.1) is 13.8 Å². The molecule has 1 atom stereocenters. The Hall–Kier alpha value is -1.36. The van der Waals surface area contributed by atoms with E-state index in [0.717, 1.165) is 17.8 Å². The highest BCUT2D eigenvalue weighted by molar-refractivity contribution is 5.55. The van der Waals surface area contributed by atoms with Crippen molar-refractivity contribution < 1.29 is 5.11 Å². The number of rotatable bonds is 5. The first-order valence-electron chi connectivity index (χ1n) is 5.56. The third-order valence-corrected chi connectivity index (χ3v) is 2.61. The van der Waals surface area contributed by atoms with Gasteiger partial charge in [-0.15, -0.1) is 0 Å². The highest BCUT2D eigenvalue weighted by atomic mass is 16.3. The molecule has 1 aromatic heterocycles. The van der Waals surface area contributed by atoms with E-state index >= 15 is 0 Å². The van der Waals surface area contributed by atoms with Crippen LogP contribution in [0.4, 0.5) is 11.6 Å². The van der Waals surface area contributed by atoms with Crippen molar-refractivity contribution in [2.75, 3.05) is 17.7 Å². The maximum atomic E-state index is 8.93. The number of nitrogens with two attached hydrogens (primary N) is 1. The van der Waals surface area contributed by atoms with Crippen LogP contribution in [0.3, 0.4) is 0 Å². The number of nitrogens with zero attached hydrogens (tertiary/aromatic N) is 2. The van der Waals surface area contributed by atoms with Crippen LogP contribution in [0.1, 0.15) is 31.2 Å². The highest BCUT2D eigenvalue weighted by Gasteiger charge is 2.11. The molecule has 1 aromatic rings. The van der Waals surface area contributed by atoms with E-state index < -0.39 is 0 Å². The molecule has 5 heteroatoms. The van der Waals surface area contributed by atoms with Crippen LogP contribution in [0.5, 0.6) is 0 Å². The number of nitrogens with one attached hydrogen (secondary N) is 1. The third-order valence-electron chi connectivity index (χ3n) is 2.61. The summed E-state index contributed by atoms with van der Waals surface area (Å²) in [7, 11) is 0. The van der Waals surface area contributed by atoms with Crippen LogP contribution in [0.25, 0.3) is 0 Å². The molecule has 0 aliphatic carbocycles. The summed E-state index contributed by atoms with van der Waals surface area (Å²) >= 11 is 0. The molecule has 1 rings (SSSR count). The Morgan fingerprint density at radius 1 is 1.38 bits per heavy atom. The molecule has 0 bridgehead atoms. The maximum Gasteiger partial charge on any atom is 0.134 e. The van der Waals surface area contributed by atoms with Crippen LogP contribution in [-0.4, -0.2) is 27.7 Å². The Kier molecular flexibility index (Phi) is 4.49. The number of hydrogen-bond acceptors (Lipinski definition) is 5. The molecule has 1 unspecified atom stereocenters. The fraction of sp³-hybridized carbons (Fsp3) is 0.636. The van der Waals surface area contributed by atoms with Gasteiger partial charge in [-0.05, 0) is 26.7 Å². The van der Waals surface area contributed by atoms with Crippen LogP contribution in [0.15, 0.2) is 0 Å². The van der Waals surface area contributed by atoms with Crippen molar-refractivity contribution in [2.45, 2.75) is 39.7 Å². The van der Waals surface area contributed by atoms with Gasteiger partial charge in [0.25, 0.3) is 0 Å². The summed E-state index contributed by atoms with van der Waals surface area (Å²) < 4.78 is 0. The van der Waals surface area contributed by atoms with Crippen molar-refractivity contribution in [1.82, 2.24) is 9.97 Å². The molecule has 0 saturated carbocycles. The number of aliphatic hydroxyl groups is 1. The van der Waals surface area contributed by atoms with E-state index in [9.17, 15) is 0 Å². The molecule has 0 aliphatic rings. The third kappa shape index (κ3) is 3.06. The van der Waals surface area contributed by atoms with Gasteiger partial charge in [-0.25, -0.2) is 9.97 Å². The second kappa shape index (κ2) is 5.65. The predicted octanol–water partition coefficient (Wildman–Crippen LogP) is 1.25. The van der Waals surface area contributed by atoms with Gasteiger partial charge in [-0.3, -0.25) is 0 Å². The largest absolute Gasteiger partial charge is 0.396 e. The van der Waals surface area contributed by atoms with Crippen molar-refractivity contribution in [3.05, 3.63) is 11.4 Å². The molecule has 16 heavy (non-hydrogen) atoms. The van der Waals surface area contributed by atoms with Crippen LogP contribution >= 0.6 is 0 Å². The summed E-state index contributed by atoms with van der Waals surface area (Å²) in [6, 6.07) is 0.220. The summed E-state index contributed by atoms with van der Waals surface area (Å²) in [5.41, 5.74) is 6.64. The first-order valence-corrected chi connectivity index (χ1v) is 5.56. The molecule has 0 aromatic carbocycles. The molecule has 0 radical (unpaired) electrons. The van der Waals surface area contributed by atoms with Gasteiger partial charge in [-0.2, -0.15) is 0 Å². The summed E-state index contributed by atoms with van der Waals surface area (Å²) in [6.45, 7) is 5.95. The molecule has 0 saturated heterocycles. The predicted molar refractivity (Wildman–Crippen MR) is 65.3 cm³/mol. The van der Waals surface area contributed by atoms with Gasteiger partial charge in [0.05, 0.1) is 0 Å². The van der Waals surface area contributed by atoms with Gasteiger partial charge in [-0.1, -0.05) is 6.92 Å². The zero-order valence-electron chi connectivity index (χ0n) is 10.1. The van der Waals surface area contributed by atoms with Gasteiger partial charge < -0.3 is 16.2 Å². The Labute approximate surface area is 96.1 Å². The highest BCUT2D eigenvalue weighted by Crippen LogP contribution is 2.18. The average Bonchev–Trinajstić information content (AvgIpc) is 2.24. The average molecular weight is 224 g/mol. The topological polar surface area (TPSA) is 84.1 Å².